The number of rotatable bonds is 4. The largest absolute Gasteiger partial charge is 0.340 e. The Kier molecular flexibility index (Phi) is 5.02. The summed E-state index contributed by atoms with van der Waals surface area (Å²) in [6, 6.07) is 17.8. The average molecular weight is 394 g/mol. The van der Waals surface area contributed by atoms with E-state index < -0.39 is 0 Å². The van der Waals surface area contributed by atoms with Crippen molar-refractivity contribution >= 4 is 39.0 Å². The van der Waals surface area contributed by atoms with Crippen LogP contribution in [-0.2, 0) is 0 Å². The summed E-state index contributed by atoms with van der Waals surface area (Å²) in [5.41, 5.74) is 2.24. The van der Waals surface area contributed by atoms with Gasteiger partial charge in [0, 0.05) is 21.9 Å². The Labute approximate surface area is 152 Å². The van der Waals surface area contributed by atoms with Gasteiger partial charge in [-0.25, -0.2) is 9.97 Å². The molecule has 0 fully saturated rings. The lowest BCUT2D eigenvalue weighted by molar-refractivity contribution is 0.102. The van der Waals surface area contributed by atoms with E-state index in [-0.39, 0.29) is 11.6 Å². The van der Waals surface area contributed by atoms with E-state index in [9.17, 15) is 4.79 Å². The van der Waals surface area contributed by atoms with E-state index >= 15 is 0 Å². The second kappa shape index (κ2) is 7.55. The highest BCUT2D eigenvalue weighted by molar-refractivity contribution is 9.10. The van der Waals surface area contributed by atoms with Crippen molar-refractivity contribution in [1.29, 1.82) is 5.26 Å². The number of hydrogen-bond donors (Lipinski definition) is 2. The minimum Gasteiger partial charge on any atom is -0.340 e. The third-order valence-corrected chi connectivity index (χ3v) is 3.76. The quantitative estimate of drug-likeness (QED) is 0.695. The van der Waals surface area contributed by atoms with Crippen LogP contribution in [0.3, 0.4) is 0 Å². The molecule has 0 spiro atoms. The Bertz CT molecular complexity index is 950. The average Bonchev–Trinajstić information content (AvgIpc) is 2.62. The van der Waals surface area contributed by atoms with Crippen LogP contribution in [-0.4, -0.2) is 15.9 Å². The van der Waals surface area contributed by atoms with E-state index in [1.54, 1.807) is 42.5 Å². The van der Waals surface area contributed by atoms with E-state index in [1.165, 1.54) is 6.33 Å². The molecular weight excluding hydrogens is 382 g/mol. The van der Waals surface area contributed by atoms with Crippen molar-refractivity contribution in [3.8, 4) is 6.07 Å². The third-order valence-electron chi connectivity index (χ3n) is 3.27. The molecule has 0 radical (unpaired) electrons. The molecule has 6 nitrogen and oxygen atoms in total. The monoisotopic (exact) mass is 393 g/mol. The molecule has 0 aliphatic heterocycles. The van der Waals surface area contributed by atoms with Crippen molar-refractivity contribution in [1.82, 2.24) is 9.97 Å². The third kappa shape index (κ3) is 4.40. The maximum Gasteiger partial charge on any atom is 0.274 e. The number of amides is 1. The van der Waals surface area contributed by atoms with Crippen molar-refractivity contribution in [2.45, 2.75) is 0 Å². The van der Waals surface area contributed by atoms with Crippen molar-refractivity contribution < 1.29 is 4.79 Å². The first kappa shape index (κ1) is 16.6. The summed E-state index contributed by atoms with van der Waals surface area (Å²) in [5.74, 6) is 0.155. The minimum atomic E-state index is -0.330. The van der Waals surface area contributed by atoms with Gasteiger partial charge in [0.25, 0.3) is 5.91 Å². The Hall–Kier alpha value is -3.24. The Morgan fingerprint density at radius 3 is 2.56 bits per heavy atom. The topological polar surface area (TPSA) is 90.7 Å². The Morgan fingerprint density at radius 2 is 1.84 bits per heavy atom. The van der Waals surface area contributed by atoms with Crippen molar-refractivity contribution in [3.63, 3.8) is 0 Å². The number of hydrogen-bond acceptors (Lipinski definition) is 5. The maximum atomic E-state index is 12.3. The molecule has 122 valence electrons. The molecule has 0 unspecified atom stereocenters. The molecule has 0 aliphatic carbocycles. The fourth-order valence-corrected chi connectivity index (χ4v) is 2.49. The number of anilines is 3. The summed E-state index contributed by atoms with van der Waals surface area (Å²) >= 11 is 3.36. The first-order valence-corrected chi connectivity index (χ1v) is 8.09. The molecule has 2 N–H and O–H groups in total. The minimum absolute atomic E-state index is 0.242. The summed E-state index contributed by atoms with van der Waals surface area (Å²) in [5, 5.41) is 14.7. The van der Waals surface area contributed by atoms with Gasteiger partial charge in [-0.1, -0.05) is 22.0 Å². The number of nitrogens with zero attached hydrogens (tertiary/aromatic N) is 3. The zero-order valence-corrected chi connectivity index (χ0v) is 14.5. The number of benzene rings is 2. The normalized spacial score (nSPS) is 9.92. The molecule has 3 aromatic rings. The van der Waals surface area contributed by atoms with Gasteiger partial charge in [0.15, 0.2) is 0 Å². The van der Waals surface area contributed by atoms with Crippen LogP contribution < -0.4 is 10.6 Å². The van der Waals surface area contributed by atoms with Crippen LogP contribution in [0.2, 0.25) is 0 Å². The van der Waals surface area contributed by atoms with E-state index in [1.807, 2.05) is 12.1 Å². The van der Waals surface area contributed by atoms with E-state index in [2.05, 4.69) is 42.6 Å². The lowest BCUT2D eigenvalue weighted by atomic mass is 10.2. The highest BCUT2D eigenvalue weighted by atomic mass is 79.9. The highest BCUT2D eigenvalue weighted by Gasteiger charge is 2.09. The van der Waals surface area contributed by atoms with Gasteiger partial charge in [0.2, 0.25) is 0 Å². The molecule has 0 saturated heterocycles. The molecule has 3 rings (SSSR count). The summed E-state index contributed by atoms with van der Waals surface area (Å²) in [6.07, 6.45) is 1.32. The van der Waals surface area contributed by atoms with Gasteiger partial charge in [-0.2, -0.15) is 5.26 Å². The molecule has 0 atom stereocenters. The smallest absolute Gasteiger partial charge is 0.274 e. The SMILES string of the molecule is N#Cc1ccc(Nc2cc(C(=O)Nc3cccc(Br)c3)ncn2)cc1. The molecule has 2 aromatic carbocycles. The molecule has 0 saturated carbocycles. The fraction of sp³-hybridized carbons (Fsp3) is 0. The van der Waals surface area contributed by atoms with Gasteiger partial charge < -0.3 is 10.6 Å². The van der Waals surface area contributed by atoms with Crippen LogP contribution in [0.15, 0.2) is 65.4 Å². The number of nitriles is 1. The summed E-state index contributed by atoms with van der Waals surface area (Å²) < 4.78 is 0.871. The van der Waals surface area contributed by atoms with Gasteiger partial charge in [0.1, 0.15) is 17.8 Å². The maximum absolute atomic E-state index is 12.3. The molecular formula is C18H12BrN5O. The summed E-state index contributed by atoms with van der Waals surface area (Å²) in [6.45, 7) is 0. The molecule has 25 heavy (non-hydrogen) atoms. The number of carbonyl (C=O) groups is 1. The first-order chi connectivity index (χ1) is 12.1. The van der Waals surface area contributed by atoms with Crippen molar-refractivity contribution in [2.75, 3.05) is 10.6 Å². The highest BCUT2D eigenvalue weighted by Crippen LogP contribution is 2.18. The zero-order chi connectivity index (χ0) is 17.6. The lowest BCUT2D eigenvalue weighted by Gasteiger charge is -2.08. The predicted molar refractivity (Wildman–Crippen MR) is 98.6 cm³/mol. The number of halogens is 1. The fourth-order valence-electron chi connectivity index (χ4n) is 2.09. The van der Waals surface area contributed by atoms with Crippen LogP contribution in [0.25, 0.3) is 0 Å². The second-order valence-corrected chi connectivity index (χ2v) is 5.98. The number of carbonyl (C=O) groups excluding carboxylic acids is 1. The van der Waals surface area contributed by atoms with Gasteiger partial charge >= 0.3 is 0 Å². The lowest BCUT2D eigenvalue weighted by Crippen LogP contribution is -2.14. The summed E-state index contributed by atoms with van der Waals surface area (Å²) in [7, 11) is 0. The molecule has 7 heteroatoms. The molecule has 0 bridgehead atoms. The van der Waals surface area contributed by atoms with E-state index in [0.29, 0.717) is 17.1 Å². The summed E-state index contributed by atoms with van der Waals surface area (Å²) in [4.78, 5) is 20.4. The van der Waals surface area contributed by atoms with Crippen LogP contribution in [0.5, 0.6) is 0 Å². The van der Waals surface area contributed by atoms with E-state index in [0.717, 1.165) is 10.2 Å². The second-order valence-electron chi connectivity index (χ2n) is 5.07. The molecule has 0 aliphatic rings. The standard InChI is InChI=1S/C18H12BrN5O/c19-13-2-1-3-15(8-13)24-18(25)16-9-17(22-11-21-16)23-14-6-4-12(10-20)5-7-14/h1-9,11H,(H,24,25)(H,21,22,23). The number of aromatic nitrogens is 2. The Balaban J connectivity index is 1.74. The molecule has 1 amide bonds. The predicted octanol–water partition coefficient (Wildman–Crippen LogP) is 4.11. The van der Waals surface area contributed by atoms with Crippen LogP contribution in [0, 0.1) is 11.3 Å². The number of nitrogens with one attached hydrogen (secondary N) is 2. The van der Waals surface area contributed by atoms with Crippen molar-refractivity contribution in [3.05, 3.63) is 76.7 Å². The van der Waals surface area contributed by atoms with Crippen LogP contribution in [0.4, 0.5) is 17.2 Å². The van der Waals surface area contributed by atoms with Crippen LogP contribution >= 0.6 is 15.9 Å². The van der Waals surface area contributed by atoms with E-state index in [4.69, 9.17) is 5.26 Å². The van der Waals surface area contributed by atoms with Gasteiger partial charge in [-0.3, -0.25) is 4.79 Å². The molecule has 1 heterocycles. The first-order valence-electron chi connectivity index (χ1n) is 7.30. The van der Waals surface area contributed by atoms with Gasteiger partial charge in [0.05, 0.1) is 11.6 Å². The van der Waals surface area contributed by atoms with Gasteiger partial charge in [-0.05, 0) is 42.5 Å². The zero-order valence-electron chi connectivity index (χ0n) is 12.9. The van der Waals surface area contributed by atoms with Crippen LogP contribution in [0.1, 0.15) is 16.1 Å². The Morgan fingerprint density at radius 1 is 1.04 bits per heavy atom. The molecule has 1 aromatic heterocycles. The van der Waals surface area contributed by atoms with Crippen molar-refractivity contribution in [2.24, 2.45) is 0 Å². The van der Waals surface area contributed by atoms with Gasteiger partial charge in [-0.15, -0.1) is 0 Å².